The van der Waals surface area contributed by atoms with Gasteiger partial charge in [-0.05, 0) is 37.4 Å². The van der Waals surface area contributed by atoms with Crippen LogP contribution in [0.4, 0.5) is 0 Å². The summed E-state index contributed by atoms with van der Waals surface area (Å²) in [6.45, 7) is 1.28. The number of benzene rings is 1. The number of carbonyl (C=O) groups excluding carboxylic acids is 1. The molecule has 1 heterocycles. The summed E-state index contributed by atoms with van der Waals surface area (Å²) in [7, 11) is 0. The van der Waals surface area contributed by atoms with Gasteiger partial charge in [0, 0.05) is 18.9 Å². The van der Waals surface area contributed by atoms with Crippen LogP contribution in [0.15, 0.2) is 24.3 Å². The van der Waals surface area contributed by atoms with E-state index in [4.69, 9.17) is 5.73 Å². The normalized spacial score (nSPS) is 20.8. The Morgan fingerprint density at radius 2 is 2.18 bits per heavy atom. The molecule has 3 rings (SSSR count). The summed E-state index contributed by atoms with van der Waals surface area (Å²) >= 11 is 1.70. The van der Waals surface area contributed by atoms with Crippen molar-refractivity contribution in [2.24, 2.45) is 17.6 Å². The van der Waals surface area contributed by atoms with E-state index in [1.165, 1.54) is 4.70 Å². The third-order valence-corrected chi connectivity index (χ3v) is 5.37. The van der Waals surface area contributed by atoms with Gasteiger partial charge in [0.25, 0.3) is 0 Å². The van der Waals surface area contributed by atoms with Crippen molar-refractivity contribution in [1.29, 1.82) is 0 Å². The Bertz CT molecular complexity index is 598. The fourth-order valence-corrected chi connectivity index (χ4v) is 4.08. The van der Waals surface area contributed by atoms with E-state index in [9.17, 15) is 4.79 Å². The molecule has 1 aromatic heterocycles. The molecule has 1 aliphatic carbocycles. The van der Waals surface area contributed by atoms with Crippen LogP contribution < -0.4 is 11.1 Å². The smallest absolute Gasteiger partial charge is 0.223 e. The van der Waals surface area contributed by atoms with Crippen molar-refractivity contribution in [3.05, 3.63) is 29.3 Å². The number of para-hydroxylation sites is 1. The number of thiazole rings is 1. The van der Waals surface area contributed by atoms with Crippen molar-refractivity contribution in [2.75, 3.05) is 13.1 Å². The summed E-state index contributed by atoms with van der Waals surface area (Å²) in [4.78, 5) is 16.8. The van der Waals surface area contributed by atoms with Gasteiger partial charge in [0.05, 0.1) is 15.2 Å². The van der Waals surface area contributed by atoms with E-state index in [2.05, 4.69) is 16.4 Å². The number of nitrogens with zero attached hydrogens (tertiary/aromatic N) is 1. The highest BCUT2D eigenvalue weighted by molar-refractivity contribution is 7.18. The van der Waals surface area contributed by atoms with Gasteiger partial charge in [0.15, 0.2) is 0 Å². The van der Waals surface area contributed by atoms with E-state index in [-0.39, 0.29) is 24.2 Å². The predicted molar refractivity (Wildman–Crippen MR) is 93.5 cm³/mol. The number of hydrogen-bond acceptors (Lipinski definition) is 4. The maximum absolute atomic E-state index is 12.2. The Hall–Kier alpha value is -1.17. The lowest BCUT2D eigenvalue weighted by Crippen LogP contribution is -2.36. The Morgan fingerprint density at radius 3 is 2.95 bits per heavy atom. The summed E-state index contributed by atoms with van der Waals surface area (Å²) in [6, 6.07) is 8.14. The number of fused-ring (bicyclic) bond motifs is 1. The van der Waals surface area contributed by atoms with Gasteiger partial charge in [-0.25, -0.2) is 4.98 Å². The Labute approximate surface area is 140 Å². The van der Waals surface area contributed by atoms with Gasteiger partial charge in [0.2, 0.25) is 5.91 Å². The molecule has 1 aliphatic rings. The molecule has 0 bridgehead atoms. The standard InChI is InChI=1S/C16H21N3OS.ClH/c17-10-11-4-3-5-12(11)16(20)18-9-8-15-19-13-6-1-2-7-14(13)21-15;/h1-2,6-7,11-12H,3-5,8-10,17H2,(H,18,20);1H/t11-,12-;/m1./s1. The van der Waals surface area contributed by atoms with Crippen LogP contribution in [0.25, 0.3) is 10.2 Å². The van der Waals surface area contributed by atoms with Gasteiger partial charge in [-0.3, -0.25) is 4.79 Å². The van der Waals surface area contributed by atoms with E-state index < -0.39 is 0 Å². The predicted octanol–water partition coefficient (Wildman–Crippen LogP) is 2.75. The van der Waals surface area contributed by atoms with Crippen LogP contribution in [-0.2, 0) is 11.2 Å². The van der Waals surface area contributed by atoms with Crippen LogP contribution in [0.2, 0.25) is 0 Å². The molecule has 1 fully saturated rings. The minimum Gasteiger partial charge on any atom is -0.355 e. The number of nitrogens with two attached hydrogens (primary N) is 1. The molecule has 1 amide bonds. The first-order valence-electron chi connectivity index (χ1n) is 7.60. The molecule has 2 aromatic rings. The van der Waals surface area contributed by atoms with E-state index in [1.54, 1.807) is 11.3 Å². The second-order valence-electron chi connectivity index (χ2n) is 5.65. The Balaban J connectivity index is 0.00000176. The lowest BCUT2D eigenvalue weighted by Gasteiger charge is -2.17. The molecule has 22 heavy (non-hydrogen) atoms. The molecule has 4 nitrogen and oxygen atoms in total. The molecular weight excluding hydrogens is 318 g/mol. The van der Waals surface area contributed by atoms with E-state index >= 15 is 0 Å². The van der Waals surface area contributed by atoms with Gasteiger partial charge < -0.3 is 11.1 Å². The van der Waals surface area contributed by atoms with E-state index in [1.807, 2.05) is 18.2 Å². The molecule has 1 saturated carbocycles. The number of halogens is 1. The lowest BCUT2D eigenvalue weighted by atomic mass is 9.95. The molecular formula is C16H22ClN3OS. The first-order chi connectivity index (χ1) is 10.3. The van der Waals surface area contributed by atoms with Crippen molar-refractivity contribution >= 4 is 39.9 Å². The molecule has 0 radical (unpaired) electrons. The van der Waals surface area contributed by atoms with Crippen LogP contribution in [0.1, 0.15) is 24.3 Å². The minimum atomic E-state index is 0. The van der Waals surface area contributed by atoms with Crippen LogP contribution in [-0.4, -0.2) is 24.0 Å². The SMILES string of the molecule is Cl.NC[C@H]1CCC[C@H]1C(=O)NCCc1nc2ccccc2s1. The van der Waals surface area contributed by atoms with E-state index in [0.29, 0.717) is 19.0 Å². The summed E-state index contributed by atoms with van der Waals surface area (Å²) in [6.07, 6.45) is 3.99. The van der Waals surface area contributed by atoms with E-state index in [0.717, 1.165) is 36.2 Å². The van der Waals surface area contributed by atoms with Crippen LogP contribution in [0.5, 0.6) is 0 Å². The third kappa shape index (κ3) is 3.77. The maximum Gasteiger partial charge on any atom is 0.223 e. The van der Waals surface area contributed by atoms with Crippen LogP contribution in [0.3, 0.4) is 0 Å². The fraction of sp³-hybridized carbons (Fsp3) is 0.500. The van der Waals surface area contributed by atoms with Crippen molar-refractivity contribution in [1.82, 2.24) is 10.3 Å². The van der Waals surface area contributed by atoms with Crippen molar-refractivity contribution in [3.8, 4) is 0 Å². The largest absolute Gasteiger partial charge is 0.355 e. The van der Waals surface area contributed by atoms with Gasteiger partial charge in [0.1, 0.15) is 0 Å². The zero-order valence-electron chi connectivity index (χ0n) is 12.5. The van der Waals surface area contributed by atoms with Crippen molar-refractivity contribution in [2.45, 2.75) is 25.7 Å². The first-order valence-corrected chi connectivity index (χ1v) is 8.42. The highest BCUT2D eigenvalue weighted by Gasteiger charge is 2.31. The van der Waals surface area contributed by atoms with Crippen molar-refractivity contribution < 1.29 is 4.79 Å². The summed E-state index contributed by atoms with van der Waals surface area (Å²) < 4.78 is 1.21. The first kappa shape index (κ1) is 17.2. The highest BCUT2D eigenvalue weighted by atomic mass is 35.5. The molecule has 0 unspecified atom stereocenters. The average Bonchev–Trinajstić information content (AvgIpc) is 3.12. The summed E-state index contributed by atoms with van der Waals surface area (Å²) in [5.74, 6) is 0.655. The molecule has 6 heteroatoms. The maximum atomic E-state index is 12.2. The summed E-state index contributed by atoms with van der Waals surface area (Å²) in [5.41, 5.74) is 6.78. The Morgan fingerprint density at radius 1 is 1.36 bits per heavy atom. The average molecular weight is 340 g/mol. The van der Waals surface area contributed by atoms with Crippen LogP contribution in [0, 0.1) is 11.8 Å². The van der Waals surface area contributed by atoms with Gasteiger partial charge >= 0.3 is 0 Å². The zero-order chi connectivity index (χ0) is 14.7. The lowest BCUT2D eigenvalue weighted by molar-refractivity contribution is -0.125. The highest BCUT2D eigenvalue weighted by Crippen LogP contribution is 2.30. The second kappa shape index (κ2) is 7.90. The molecule has 120 valence electrons. The molecule has 0 spiro atoms. The van der Waals surface area contributed by atoms with Gasteiger partial charge in [-0.2, -0.15) is 0 Å². The number of rotatable bonds is 5. The number of hydrogen-bond donors (Lipinski definition) is 2. The molecule has 0 aliphatic heterocycles. The fourth-order valence-electron chi connectivity index (χ4n) is 3.11. The number of aromatic nitrogens is 1. The number of carbonyl (C=O) groups is 1. The minimum absolute atomic E-state index is 0. The molecule has 0 saturated heterocycles. The summed E-state index contributed by atoms with van der Waals surface area (Å²) in [5, 5.41) is 4.14. The zero-order valence-corrected chi connectivity index (χ0v) is 14.1. The Kier molecular flexibility index (Phi) is 6.17. The van der Waals surface area contributed by atoms with Gasteiger partial charge in [-0.15, -0.1) is 23.7 Å². The number of nitrogens with one attached hydrogen (secondary N) is 1. The third-order valence-electron chi connectivity index (χ3n) is 4.27. The van der Waals surface area contributed by atoms with Crippen molar-refractivity contribution in [3.63, 3.8) is 0 Å². The quantitative estimate of drug-likeness (QED) is 0.880. The topological polar surface area (TPSA) is 68.0 Å². The second-order valence-corrected chi connectivity index (χ2v) is 6.76. The molecule has 3 N–H and O–H groups in total. The monoisotopic (exact) mass is 339 g/mol. The van der Waals surface area contributed by atoms with Crippen LogP contribution >= 0.6 is 23.7 Å². The van der Waals surface area contributed by atoms with Gasteiger partial charge in [-0.1, -0.05) is 18.6 Å². The molecule has 2 atom stereocenters. The molecule has 1 aromatic carbocycles. The number of amides is 1.